The molecule has 1 aromatic heterocycles. The zero-order valence-corrected chi connectivity index (χ0v) is 10.7. The molecular weight excluding hydrogens is 216 g/mol. The van der Waals surface area contributed by atoms with Crippen LogP contribution in [0.4, 0.5) is 0 Å². The summed E-state index contributed by atoms with van der Waals surface area (Å²) in [5.41, 5.74) is 2.30. The van der Waals surface area contributed by atoms with Gasteiger partial charge in [0.15, 0.2) is 0 Å². The van der Waals surface area contributed by atoms with Crippen LogP contribution < -0.4 is 10.1 Å². The fraction of sp³-hybridized carbons (Fsp3) is 0.615. The first-order chi connectivity index (χ1) is 8.11. The monoisotopic (exact) mass is 236 g/mol. The van der Waals surface area contributed by atoms with Crippen molar-refractivity contribution >= 4 is 0 Å². The Balaban J connectivity index is 1.87. The van der Waals surface area contributed by atoms with E-state index in [0.29, 0.717) is 5.41 Å². The summed E-state index contributed by atoms with van der Waals surface area (Å²) in [6, 6.07) is 3.91. The molecule has 1 saturated heterocycles. The smallest absolute Gasteiger partial charge is 0.122 e. The number of aryl methyl sites for hydroxylation is 1. The van der Waals surface area contributed by atoms with Crippen LogP contribution in [0.15, 0.2) is 12.1 Å². The molecule has 2 heterocycles. The van der Waals surface area contributed by atoms with Crippen LogP contribution in [0, 0.1) is 12.3 Å². The van der Waals surface area contributed by atoms with Gasteiger partial charge < -0.3 is 14.8 Å². The van der Waals surface area contributed by atoms with E-state index >= 15 is 0 Å². The molecular formula is C13H20N2O2. The zero-order valence-electron chi connectivity index (χ0n) is 10.7. The molecule has 1 aliphatic heterocycles. The summed E-state index contributed by atoms with van der Waals surface area (Å²) < 4.78 is 10.4. The van der Waals surface area contributed by atoms with E-state index in [2.05, 4.69) is 17.2 Å². The molecule has 0 aliphatic carbocycles. The molecule has 1 aromatic rings. The summed E-state index contributed by atoms with van der Waals surface area (Å²) in [6.45, 7) is 7.65. The SMILES string of the molecule is COc1cc(C)nc(CNCC2(C)COC2)c1. The molecule has 0 radical (unpaired) electrons. The fourth-order valence-electron chi connectivity index (χ4n) is 1.96. The van der Waals surface area contributed by atoms with Gasteiger partial charge in [-0.2, -0.15) is 0 Å². The number of rotatable bonds is 5. The Hall–Kier alpha value is -1.13. The average molecular weight is 236 g/mol. The highest BCUT2D eigenvalue weighted by Gasteiger charge is 2.32. The Morgan fingerprint density at radius 1 is 1.47 bits per heavy atom. The summed E-state index contributed by atoms with van der Waals surface area (Å²) in [7, 11) is 1.68. The van der Waals surface area contributed by atoms with Crippen LogP contribution in [-0.2, 0) is 11.3 Å². The Morgan fingerprint density at radius 3 is 2.82 bits per heavy atom. The largest absolute Gasteiger partial charge is 0.497 e. The highest BCUT2D eigenvalue weighted by molar-refractivity contribution is 5.26. The molecule has 1 fully saturated rings. The van der Waals surface area contributed by atoms with Crippen molar-refractivity contribution in [1.29, 1.82) is 0 Å². The van der Waals surface area contributed by atoms with E-state index in [0.717, 1.165) is 43.4 Å². The van der Waals surface area contributed by atoms with E-state index in [4.69, 9.17) is 9.47 Å². The fourth-order valence-corrected chi connectivity index (χ4v) is 1.96. The summed E-state index contributed by atoms with van der Waals surface area (Å²) >= 11 is 0. The number of pyridine rings is 1. The first kappa shape index (κ1) is 12.3. The van der Waals surface area contributed by atoms with Crippen LogP contribution in [0.25, 0.3) is 0 Å². The van der Waals surface area contributed by atoms with Gasteiger partial charge in [0.2, 0.25) is 0 Å². The van der Waals surface area contributed by atoms with Gasteiger partial charge in [0.05, 0.1) is 26.0 Å². The van der Waals surface area contributed by atoms with Gasteiger partial charge in [-0.3, -0.25) is 4.98 Å². The molecule has 0 unspecified atom stereocenters. The number of methoxy groups -OCH3 is 1. The third kappa shape index (κ3) is 3.17. The summed E-state index contributed by atoms with van der Waals surface area (Å²) in [5, 5.41) is 3.42. The highest BCUT2D eigenvalue weighted by atomic mass is 16.5. The van der Waals surface area contributed by atoms with Crippen molar-refractivity contribution in [2.24, 2.45) is 5.41 Å². The van der Waals surface area contributed by atoms with E-state index in [1.54, 1.807) is 7.11 Å². The van der Waals surface area contributed by atoms with Crippen LogP contribution >= 0.6 is 0 Å². The second kappa shape index (κ2) is 5.02. The van der Waals surface area contributed by atoms with Crippen LogP contribution in [0.3, 0.4) is 0 Å². The minimum atomic E-state index is 0.300. The molecule has 94 valence electrons. The number of ether oxygens (including phenoxy) is 2. The third-order valence-corrected chi connectivity index (χ3v) is 2.97. The van der Waals surface area contributed by atoms with Crippen molar-refractivity contribution < 1.29 is 9.47 Å². The number of hydrogen-bond donors (Lipinski definition) is 1. The Bertz CT molecular complexity index is 389. The second-order valence-corrected chi connectivity index (χ2v) is 5.05. The first-order valence-corrected chi connectivity index (χ1v) is 5.91. The van der Waals surface area contributed by atoms with Crippen molar-refractivity contribution in [3.05, 3.63) is 23.5 Å². The first-order valence-electron chi connectivity index (χ1n) is 5.91. The van der Waals surface area contributed by atoms with Crippen molar-refractivity contribution in [3.8, 4) is 5.75 Å². The van der Waals surface area contributed by atoms with Crippen molar-refractivity contribution in [2.45, 2.75) is 20.4 Å². The minimum absolute atomic E-state index is 0.300. The molecule has 0 spiro atoms. The average Bonchev–Trinajstić information content (AvgIpc) is 2.26. The molecule has 2 rings (SSSR count). The van der Waals surface area contributed by atoms with E-state index in [-0.39, 0.29) is 0 Å². The molecule has 4 heteroatoms. The topological polar surface area (TPSA) is 43.4 Å². The molecule has 0 amide bonds. The highest BCUT2D eigenvalue weighted by Crippen LogP contribution is 2.25. The van der Waals surface area contributed by atoms with E-state index < -0.39 is 0 Å². The predicted molar refractivity (Wildman–Crippen MR) is 66.2 cm³/mol. The maximum Gasteiger partial charge on any atom is 0.122 e. The maximum atomic E-state index is 5.23. The van der Waals surface area contributed by atoms with Crippen molar-refractivity contribution in [3.63, 3.8) is 0 Å². The minimum Gasteiger partial charge on any atom is -0.497 e. The lowest BCUT2D eigenvalue weighted by Crippen LogP contribution is -2.47. The van der Waals surface area contributed by atoms with E-state index in [1.165, 1.54) is 0 Å². The van der Waals surface area contributed by atoms with Crippen LogP contribution in [-0.4, -0.2) is 31.9 Å². The maximum absolute atomic E-state index is 5.23. The van der Waals surface area contributed by atoms with Gasteiger partial charge in [0.1, 0.15) is 5.75 Å². The molecule has 0 atom stereocenters. The van der Waals surface area contributed by atoms with Gasteiger partial charge in [0, 0.05) is 36.3 Å². The van der Waals surface area contributed by atoms with Gasteiger partial charge in [0.25, 0.3) is 0 Å². The zero-order chi connectivity index (χ0) is 12.3. The molecule has 0 bridgehead atoms. The summed E-state index contributed by atoms with van der Waals surface area (Å²) in [6.07, 6.45) is 0. The number of nitrogens with one attached hydrogen (secondary N) is 1. The van der Waals surface area contributed by atoms with Gasteiger partial charge >= 0.3 is 0 Å². The van der Waals surface area contributed by atoms with Gasteiger partial charge in [-0.1, -0.05) is 6.92 Å². The van der Waals surface area contributed by atoms with Gasteiger partial charge in [-0.15, -0.1) is 0 Å². The molecule has 17 heavy (non-hydrogen) atoms. The lowest BCUT2D eigenvalue weighted by Gasteiger charge is -2.38. The van der Waals surface area contributed by atoms with Crippen LogP contribution in [0.1, 0.15) is 18.3 Å². The van der Waals surface area contributed by atoms with Gasteiger partial charge in [-0.25, -0.2) is 0 Å². The predicted octanol–water partition coefficient (Wildman–Crippen LogP) is 1.52. The Kier molecular flexibility index (Phi) is 3.64. The third-order valence-electron chi connectivity index (χ3n) is 2.97. The van der Waals surface area contributed by atoms with E-state index in [9.17, 15) is 0 Å². The molecule has 0 saturated carbocycles. The van der Waals surface area contributed by atoms with Gasteiger partial charge in [-0.05, 0) is 6.92 Å². The van der Waals surface area contributed by atoms with E-state index in [1.807, 2.05) is 19.1 Å². The number of hydrogen-bond acceptors (Lipinski definition) is 4. The lowest BCUT2D eigenvalue weighted by atomic mass is 9.89. The Labute approximate surface area is 102 Å². The van der Waals surface area contributed by atoms with Crippen molar-refractivity contribution in [1.82, 2.24) is 10.3 Å². The quantitative estimate of drug-likeness (QED) is 0.842. The number of aromatic nitrogens is 1. The molecule has 1 N–H and O–H groups in total. The Morgan fingerprint density at radius 2 is 2.24 bits per heavy atom. The second-order valence-electron chi connectivity index (χ2n) is 5.05. The summed E-state index contributed by atoms with van der Waals surface area (Å²) in [4.78, 5) is 4.47. The summed E-state index contributed by atoms with van der Waals surface area (Å²) in [5.74, 6) is 0.868. The lowest BCUT2D eigenvalue weighted by molar-refractivity contribution is -0.0991. The van der Waals surface area contributed by atoms with Crippen LogP contribution in [0.5, 0.6) is 5.75 Å². The normalized spacial score (nSPS) is 17.6. The number of nitrogens with zero attached hydrogens (tertiary/aromatic N) is 1. The van der Waals surface area contributed by atoms with Crippen LogP contribution in [0.2, 0.25) is 0 Å². The molecule has 1 aliphatic rings. The standard InChI is InChI=1S/C13H20N2O2/c1-10-4-12(16-3)5-11(15-10)6-14-7-13(2)8-17-9-13/h4-5,14H,6-9H2,1-3H3. The van der Waals surface area contributed by atoms with Crippen molar-refractivity contribution in [2.75, 3.05) is 26.9 Å². The molecule has 4 nitrogen and oxygen atoms in total. The molecule has 0 aromatic carbocycles.